The van der Waals surface area contributed by atoms with E-state index < -0.39 is 11.7 Å². The van der Waals surface area contributed by atoms with Gasteiger partial charge < -0.3 is 4.90 Å². The number of aromatic nitrogens is 4. The first kappa shape index (κ1) is 17.5. The highest BCUT2D eigenvalue weighted by Crippen LogP contribution is 2.35. The van der Waals surface area contributed by atoms with E-state index in [4.69, 9.17) is 0 Å². The molecule has 1 saturated heterocycles. The van der Waals surface area contributed by atoms with Crippen molar-refractivity contribution >= 4 is 11.6 Å². The summed E-state index contributed by atoms with van der Waals surface area (Å²) in [7, 11) is 0. The lowest BCUT2D eigenvalue weighted by atomic mass is 10.1. The first-order chi connectivity index (χ1) is 13.5. The zero-order valence-corrected chi connectivity index (χ0v) is 15.3. The quantitative estimate of drug-likeness (QED) is 0.667. The van der Waals surface area contributed by atoms with Gasteiger partial charge in [-0.15, -0.1) is 0 Å². The van der Waals surface area contributed by atoms with Crippen molar-refractivity contribution in [3.63, 3.8) is 0 Å². The minimum Gasteiger partial charge on any atom is -0.341 e. The van der Waals surface area contributed by atoms with Crippen LogP contribution in [0.15, 0.2) is 30.5 Å². The maximum atomic E-state index is 13.2. The Balaban J connectivity index is 1.65. The molecule has 0 amide bonds. The molecule has 0 bridgehead atoms. The average molecular weight is 387 g/mol. The van der Waals surface area contributed by atoms with E-state index in [2.05, 4.69) is 20.0 Å². The van der Waals surface area contributed by atoms with E-state index in [0.717, 1.165) is 50.0 Å². The number of hydrogen-bond donors (Lipinski definition) is 0. The molecule has 1 aliphatic heterocycles. The molecule has 2 aromatic heterocycles. The molecule has 0 atom stereocenters. The largest absolute Gasteiger partial charge is 0.416 e. The van der Waals surface area contributed by atoms with Crippen LogP contribution < -0.4 is 4.90 Å². The van der Waals surface area contributed by atoms with Gasteiger partial charge >= 0.3 is 6.18 Å². The first-order valence-electron chi connectivity index (χ1n) is 9.66. The Bertz CT molecular complexity index is 1020. The van der Waals surface area contributed by atoms with Crippen LogP contribution in [0.4, 0.5) is 19.1 Å². The molecule has 3 aromatic rings. The topological polar surface area (TPSA) is 46.3 Å². The van der Waals surface area contributed by atoms with Crippen molar-refractivity contribution in [3.8, 4) is 11.4 Å². The molecule has 146 valence electrons. The van der Waals surface area contributed by atoms with Crippen LogP contribution in [0.2, 0.25) is 0 Å². The molecule has 8 heteroatoms. The minimum absolute atomic E-state index is 0.318. The Labute approximate surface area is 160 Å². The van der Waals surface area contributed by atoms with Gasteiger partial charge in [0.25, 0.3) is 0 Å². The fraction of sp³-hybridized carbons (Fsp3) is 0.450. The lowest BCUT2D eigenvalue weighted by molar-refractivity contribution is -0.137. The number of nitrogens with zero attached hydrogens (tertiary/aromatic N) is 5. The molecule has 0 N–H and O–H groups in total. The van der Waals surface area contributed by atoms with Crippen LogP contribution in [-0.2, 0) is 12.6 Å². The summed E-state index contributed by atoms with van der Waals surface area (Å²) in [5, 5.41) is 4.51. The second kappa shape index (κ2) is 6.46. The van der Waals surface area contributed by atoms with Crippen molar-refractivity contribution in [2.45, 2.75) is 38.3 Å². The number of hydrogen-bond acceptors (Lipinski definition) is 4. The molecule has 1 saturated carbocycles. The zero-order chi connectivity index (χ0) is 19.3. The average Bonchev–Trinajstić information content (AvgIpc) is 3.16. The van der Waals surface area contributed by atoms with Crippen molar-refractivity contribution in [1.82, 2.24) is 19.6 Å². The van der Waals surface area contributed by atoms with Gasteiger partial charge in [0.15, 0.2) is 11.5 Å². The van der Waals surface area contributed by atoms with Crippen LogP contribution in [0.5, 0.6) is 0 Å². The van der Waals surface area contributed by atoms with E-state index >= 15 is 0 Å². The molecule has 28 heavy (non-hydrogen) atoms. The minimum atomic E-state index is -4.40. The van der Waals surface area contributed by atoms with Gasteiger partial charge in [-0.2, -0.15) is 27.8 Å². The van der Waals surface area contributed by atoms with E-state index in [-0.39, 0.29) is 0 Å². The lowest BCUT2D eigenvalue weighted by Crippen LogP contribution is -2.23. The Morgan fingerprint density at radius 3 is 2.57 bits per heavy atom. The number of anilines is 1. The molecule has 0 spiro atoms. The molecule has 5 nitrogen and oxygen atoms in total. The van der Waals surface area contributed by atoms with E-state index in [0.29, 0.717) is 28.9 Å². The zero-order valence-electron chi connectivity index (χ0n) is 15.3. The van der Waals surface area contributed by atoms with E-state index in [1.807, 2.05) is 6.20 Å². The Morgan fingerprint density at radius 2 is 1.86 bits per heavy atom. The van der Waals surface area contributed by atoms with Crippen LogP contribution in [0.25, 0.3) is 17.0 Å². The fourth-order valence-corrected chi connectivity index (χ4v) is 3.77. The van der Waals surface area contributed by atoms with Gasteiger partial charge in [0, 0.05) is 24.2 Å². The standard InChI is InChI=1S/C20H20F3N5/c21-20(22,23)16-5-3-4-14(11-16)17-25-18-15(10-13-6-7-13)12-24-28(18)19(26-17)27-8-1-2-9-27/h3-5,11-13H,1-2,6-10H2. The van der Waals surface area contributed by atoms with Gasteiger partial charge in [-0.25, -0.2) is 4.98 Å². The number of rotatable bonds is 4. The van der Waals surface area contributed by atoms with Gasteiger partial charge in [-0.3, -0.25) is 0 Å². The first-order valence-corrected chi connectivity index (χ1v) is 9.66. The van der Waals surface area contributed by atoms with Gasteiger partial charge in [0.05, 0.1) is 11.8 Å². The van der Waals surface area contributed by atoms with Crippen LogP contribution in [0, 0.1) is 5.92 Å². The fourth-order valence-electron chi connectivity index (χ4n) is 3.77. The molecule has 2 fully saturated rings. The summed E-state index contributed by atoms with van der Waals surface area (Å²) in [4.78, 5) is 11.4. The maximum Gasteiger partial charge on any atom is 0.416 e. The van der Waals surface area contributed by atoms with Crippen molar-refractivity contribution in [2.24, 2.45) is 5.92 Å². The van der Waals surface area contributed by atoms with Crippen molar-refractivity contribution in [1.29, 1.82) is 0 Å². The van der Waals surface area contributed by atoms with Crippen LogP contribution >= 0.6 is 0 Å². The van der Waals surface area contributed by atoms with E-state index in [9.17, 15) is 13.2 Å². The van der Waals surface area contributed by atoms with Gasteiger partial charge in [-0.1, -0.05) is 12.1 Å². The van der Waals surface area contributed by atoms with Gasteiger partial charge in [0.1, 0.15) is 0 Å². The summed E-state index contributed by atoms with van der Waals surface area (Å²) in [6.07, 6.45) is 2.90. The monoisotopic (exact) mass is 387 g/mol. The Morgan fingerprint density at radius 1 is 1.07 bits per heavy atom. The van der Waals surface area contributed by atoms with Crippen LogP contribution in [0.3, 0.4) is 0 Å². The molecular weight excluding hydrogens is 367 g/mol. The highest BCUT2D eigenvalue weighted by Gasteiger charge is 2.31. The summed E-state index contributed by atoms with van der Waals surface area (Å²) < 4.78 is 41.2. The number of fused-ring (bicyclic) bond motifs is 1. The summed E-state index contributed by atoms with van der Waals surface area (Å²) in [5.74, 6) is 1.64. The molecule has 0 radical (unpaired) electrons. The van der Waals surface area contributed by atoms with Crippen LogP contribution in [0.1, 0.15) is 36.8 Å². The number of halogens is 3. The molecule has 3 heterocycles. The second-order valence-corrected chi connectivity index (χ2v) is 7.67. The Kier molecular flexibility index (Phi) is 4.03. The third-order valence-electron chi connectivity index (χ3n) is 5.47. The molecule has 2 aliphatic rings. The highest BCUT2D eigenvalue weighted by molar-refractivity contribution is 5.63. The van der Waals surface area contributed by atoms with Crippen LogP contribution in [-0.4, -0.2) is 32.7 Å². The summed E-state index contributed by atoms with van der Waals surface area (Å²) >= 11 is 0. The predicted molar refractivity (Wildman–Crippen MR) is 99.1 cm³/mol. The lowest BCUT2D eigenvalue weighted by Gasteiger charge is -2.18. The van der Waals surface area contributed by atoms with E-state index in [1.54, 1.807) is 10.6 Å². The highest BCUT2D eigenvalue weighted by atomic mass is 19.4. The molecule has 1 aromatic carbocycles. The SMILES string of the molecule is FC(F)(F)c1cccc(-c2nc(N3CCCC3)n3ncc(CC4CC4)c3n2)c1. The predicted octanol–water partition coefficient (Wildman–Crippen LogP) is 4.36. The summed E-state index contributed by atoms with van der Waals surface area (Å²) in [6.45, 7) is 1.73. The molecule has 5 rings (SSSR count). The second-order valence-electron chi connectivity index (χ2n) is 7.67. The maximum absolute atomic E-state index is 13.2. The number of benzene rings is 1. The van der Waals surface area contributed by atoms with Crippen molar-refractivity contribution in [3.05, 3.63) is 41.6 Å². The molecule has 1 aliphatic carbocycles. The Hall–Kier alpha value is -2.64. The molecule has 0 unspecified atom stereocenters. The smallest absolute Gasteiger partial charge is 0.341 e. The summed E-state index contributed by atoms with van der Waals surface area (Å²) in [5.41, 5.74) is 1.43. The summed E-state index contributed by atoms with van der Waals surface area (Å²) in [6, 6.07) is 5.23. The van der Waals surface area contributed by atoms with E-state index in [1.165, 1.54) is 18.9 Å². The third-order valence-corrected chi connectivity index (χ3v) is 5.47. The molecular formula is C20H20F3N5. The van der Waals surface area contributed by atoms with Crippen molar-refractivity contribution < 1.29 is 13.2 Å². The number of alkyl halides is 3. The van der Waals surface area contributed by atoms with Crippen molar-refractivity contribution in [2.75, 3.05) is 18.0 Å². The third kappa shape index (κ3) is 3.21. The van der Waals surface area contributed by atoms with Gasteiger partial charge in [-0.05, 0) is 50.2 Å². The van der Waals surface area contributed by atoms with Gasteiger partial charge in [0.2, 0.25) is 5.95 Å². The normalized spacial score (nSPS) is 17.6.